The number of hydrogen-bond donors (Lipinski definition) is 1. The zero-order valence-electron chi connectivity index (χ0n) is 8.53. The van der Waals surface area contributed by atoms with Crippen LogP contribution in [0.15, 0.2) is 11.4 Å². The summed E-state index contributed by atoms with van der Waals surface area (Å²) in [5, 5.41) is 5.19. The Morgan fingerprint density at radius 3 is 2.87 bits per heavy atom. The van der Waals surface area contributed by atoms with Crippen LogP contribution in [0.3, 0.4) is 0 Å². The fraction of sp³-hybridized carbons (Fsp3) is 0.545. The molecule has 0 aromatic carbocycles. The van der Waals surface area contributed by atoms with Crippen molar-refractivity contribution in [3.63, 3.8) is 0 Å². The van der Waals surface area contributed by atoms with E-state index in [2.05, 4.69) is 5.32 Å². The van der Waals surface area contributed by atoms with Crippen LogP contribution in [-0.2, 0) is 0 Å². The van der Waals surface area contributed by atoms with Gasteiger partial charge in [-0.15, -0.1) is 11.3 Å². The fourth-order valence-corrected chi connectivity index (χ4v) is 3.37. The first-order valence-electron chi connectivity index (χ1n) is 5.18. The average Bonchev–Trinajstić information content (AvgIpc) is 2.73. The van der Waals surface area contributed by atoms with Gasteiger partial charge in [0.15, 0.2) is 5.78 Å². The number of hydrogen-bond acceptors (Lipinski definition) is 4. The van der Waals surface area contributed by atoms with Crippen molar-refractivity contribution in [2.24, 2.45) is 17.8 Å². The summed E-state index contributed by atoms with van der Waals surface area (Å²) in [6.45, 7) is 2.03. The summed E-state index contributed by atoms with van der Waals surface area (Å²) >= 11 is 1.49. The maximum Gasteiger partial charge on any atom is 0.176 e. The van der Waals surface area contributed by atoms with Gasteiger partial charge >= 0.3 is 0 Å². The van der Waals surface area contributed by atoms with Gasteiger partial charge in [0.05, 0.1) is 12.0 Å². The third kappa shape index (κ3) is 1.40. The number of methoxy groups -OCH3 is 1. The molecule has 2 aliphatic rings. The van der Waals surface area contributed by atoms with Crippen molar-refractivity contribution >= 4 is 17.1 Å². The zero-order chi connectivity index (χ0) is 10.4. The monoisotopic (exact) mass is 223 g/mol. The molecule has 0 radical (unpaired) electrons. The molecule has 80 valence electrons. The number of rotatable bonds is 3. The van der Waals surface area contributed by atoms with Crippen molar-refractivity contribution in [3.8, 4) is 5.75 Å². The second kappa shape index (κ2) is 3.32. The summed E-state index contributed by atoms with van der Waals surface area (Å²) in [6.07, 6.45) is 0. The van der Waals surface area contributed by atoms with Gasteiger partial charge in [0.1, 0.15) is 5.75 Å². The van der Waals surface area contributed by atoms with Gasteiger partial charge in [-0.3, -0.25) is 4.79 Å². The molecule has 1 N–H and O–H groups in total. The molecule has 3 atom stereocenters. The molecule has 0 spiro atoms. The Hall–Kier alpha value is -0.870. The van der Waals surface area contributed by atoms with Crippen LogP contribution in [0, 0.1) is 17.8 Å². The number of fused-ring (bicyclic) bond motifs is 1. The van der Waals surface area contributed by atoms with Gasteiger partial charge in [0.25, 0.3) is 0 Å². The number of Topliss-reactive ketones (excluding diaryl/α,β-unsaturated/α-hetero) is 1. The Balaban J connectivity index is 1.75. The van der Waals surface area contributed by atoms with E-state index < -0.39 is 0 Å². The largest absolute Gasteiger partial charge is 0.496 e. The highest BCUT2D eigenvalue weighted by molar-refractivity contribution is 7.12. The molecule has 0 bridgehead atoms. The molecule has 1 aromatic heterocycles. The van der Waals surface area contributed by atoms with Gasteiger partial charge in [0.2, 0.25) is 0 Å². The highest BCUT2D eigenvalue weighted by atomic mass is 32.1. The Morgan fingerprint density at radius 1 is 1.53 bits per heavy atom. The fourth-order valence-electron chi connectivity index (χ4n) is 2.53. The molecule has 15 heavy (non-hydrogen) atoms. The Morgan fingerprint density at radius 2 is 2.27 bits per heavy atom. The Labute approximate surface area is 92.4 Å². The third-order valence-corrected chi connectivity index (χ3v) is 4.37. The maximum absolute atomic E-state index is 12.1. The van der Waals surface area contributed by atoms with Gasteiger partial charge < -0.3 is 10.1 Å². The zero-order valence-corrected chi connectivity index (χ0v) is 9.34. The Kier molecular flexibility index (Phi) is 2.07. The minimum atomic E-state index is 0.287. The molecule has 0 amide bonds. The molecule has 1 aliphatic carbocycles. The van der Waals surface area contributed by atoms with Crippen molar-refractivity contribution in [1.29, 1.82) is 0 Å². The molecule has 3 nitrogen and oxygen atoms in total. The van der Waals surface area contributed by atoms with Crippen LogP contribution in [0.5, 0.6) is 5.75 Å². The average molecular weight is 223 g/mol. The summed E-state index contributed by atoms with van der Waals surface area (Å²) in [7, 11) is 1.63. The summed E-state index contributed by atoms with van der Waals surface area (Å²) in [4.78, 5) is 12.9. The topological polar surface area (TPSA) is 38.3 Å². The van der Waals surface area contributed by atoms with Crippen molar-refractivity contribution in [2.75, 3.05) is 20.2 Å². The molecular formula is C11H13NO2S. The van der Waals surface area contributed by atoms with Gasteiger partial charge in [0, 0.05) is 17.4 Å². The molecule has 2 fully saturated rings. The lowest BCUT2D eigenvalue weighted by molar-refractivity contribution is 0.0956. The molecule has 1 saturated carbocycles. The minimum absolute atomic E-state index is 0.287. The summed E-state index contributed by atoms with van der Waals surface area (Å²) in [5.41, 5.74) is 0. The number of carbonyl (C=O) groups is 1. The normalized spacial score (nSPS) is 32.5. The second-order valence-corrected chi connectivity index (χ2v) is 5.14. The predicted octanol–water partition coefficient (Wildman–Crippen LogP) is 1.40. The number of piperidine rings is 1. The third-order valence-electron chi connectivity index (χ3n) is 3.45. The van der Waals surface area contributed by atoms with E-state index in [1.54, 1.807) is 7.11 Å². The minimum Gasteiger partial charge on any atom is -0.496 e. The smallest absolute Gasteiger partial charge is 0.176 e. The number of thiophene rings is 1. The van der Waals surface area contributed by atoms with Crippen LogP contribution in [0.1, 0.15) is 9.67 Å². The number of ketones is 1. The van der Waals surface area contributed by atoms with Gasteiger partial charge in [-0.25, -0.2) is 0 Å². The number of carbonyl (C=O) groups excluding carboxylic acids is 1. The first kappa shape index (κ1) is 9.36. The SMILES string of the molecule is COc1csc(C(=O)C2[C@H]3CNC[C@@H]23)c1. The van der Waals surface area contributed by atoms with Crippen LogP contribution in [-0.4, -0.2) is 26.0 Å². The summed E-state index contributed by atoms with van der Waals surface area (Å²) in [6, 6.07) is 1.86. The quantitative estimate of drug-likeness (QED) is 0.787. The van der Waals surface area contributed by atoms with Gasteiger partial charge in [-0.2, -0.15) is 0 Å². The predicted molar refractivity (Wildman–Crippen MR) is 58.5 cm³/mol. The second-order valence-electron chi connectivity index (χ2n) is 4.23. The number of nitrogens with one attached hydrogen (secondary N) is 1. The van der Waals surface area contributed by atoms with E-state index in [0.29, 0.717) is 17.6 Å². The lowest BCUT2D eigenvalue weighted by Gasteiger charge is -2.01. The molecule has 2 heterocycles. The molecular weight excluding hydrogens is 210 g/mol. The van der Waals surface area contributed by atoms with E-state index >= 15 is 0 Å². The van der Waals surface area contributed by atoms with E-state index in [1.165, 1.54) is 11.3 Å². The first-order chi connectivity index (χ1) is 7.31. The van der Waals surface area contributed by atoms with E-state index in [-0.39, 0.29) is 5.92 Å². The molecule has 3 rings (SSSR count). The maximum atomic E-state index is 12.1. The van der Waals surface area contributed by atoms with E-state index in [4.69, 9.17) is 4.74 Å². The van der Waals surface area contributed by atoms with Gasteiger partial charge in [-0.1, -0.05) is 0 Å². The van der Waals surface area contributed by atoms with E-state index in [1.807, 2.05) is 11.4 Å². The highest BCUT2D eigenvalue weighted by Crippen LogP contribution is 2.50. The van der Waals surface area contributed by atoms with Gasteiger partial charge in [-0.05, 0) is 24.9 Å². The molecule has 1 aromatic rings. The van der Waals surface area contributed by atoms with Crippen LogP contribution in [0.2, 0.25) is 0 Å². The molecule has 1 saturated heterocycles. The lowest BCUT2D eigenvalue weighted by atomic mass is 10.1. The van der Waals surface area contributed by atoms with E-state index in [0.717, 1.165) is 23.7 Å². The summed E-state index contributed by atoms with van der Waals surface area (Å²) in [5.74, 6) is 2.61. The van der Waals surface area contributed by atoms with Crippen LogP contribution < -0.4 is 10.1 Å². The van der Waals surface area contributed by atoms with Crippen molar-refractivity contribution in [2.45, 2.75) is 0 Å². The molecule has 4 heteroatoms. The van der Waals surface area contributed by atoms with E-state index in [9.17, 15) is 4.79 Å². The molecule has 1 aliphatic heterocycles. The highest BCUT2D eigenvalue weighted by Gasteiger charge is 2.56. The summed E-state index contributed by atoms with van der Waals surface area (Å²) < 4.78 is 5.08. The van der Waals surface area contributed by atoms with Crippen LogP contribution >= 0.6 is 11.3 Å². The van der Waals surface area contributed by atoms with Crippen molar-refractivity contribution in [3.05, 3.63) is 16.3 Å². The van der Waals surface area contributed by atoms with Crippen LogP contribution in [0.25, 0.3) is 0 Å². The standard InChI is InChI=1S/C11H13NO2S/c1-14-6-2-9(15-5-6)11(13)10-7-3-12-4-8(7)10/h2,5,7-8,10,12H,3-4H2,1H3/t7-,8+,10?. The van der Waals surface area contributed by atoms with Crippen LogP contribution in [0.4, 0.5) is 0 Å². The first-order valence-corrected chi connectivity index (χ1v) is 6.06. The van der Waals surface area contributed by atoms with Crippen molar-refractivity contribution < 1.29 is 9.53 Å². The Bertz CT molecular complexity index is 391. The van der Waals surface area contributed by atoms with Crippen molar-refractivity contribution in [1.82, 2.24) is 5.32 Å². The number of ether oxygens (including phenoxy) is 1. The lowest BCUT2D eigenvalue weighted by Crippen LogP contribution is -2.18. The molecule has 1 unspecified atom stereocenters.